The monoisotopic (exact) mass is 717 g/mol. The lowest BCUT2D eigenvalue weighted by Gasteiger charge is -2.28. The van der Waals surface area contributed by atoms with Gasteiger partial charge in [-0.2, -0.15) is 0 Å². The molecule has 0 bridgehead atoms. The molecule has 0 saturated heterocycles. The quantitative estimate of drug-likeness (QED) is 0.169. The van der Waals surface area contributed by atoms with Crippen molar-refractivity contribution in [2.75, 3.05) is 4.90 Å². The predicted octanol–water partition coefficient (Wildman–Crippen LogP) is 15.1. The van der Waals surface area contributed by atoms with Crippen LogP contribution in [0.4, 0.5) is 17.1 Å². The molecule has 0 spiro atoms. The van der Waals surface area contributed by atoms with E-state index in [9.17, 15) is 0 Å². The maximum Gasteiger partial charge on any atom is 0.159 e. The molecule has 0 radical (unpaired) electrons. The van der Waals surface area contributed by atoms with E-state index in [1.165, 1.54) is 76.8 Å². The highest BCUT2D eigenvalue weighted by Crippen LogP contribution is 2.59. The Morgan fingerprint density at radius 2 is 1.04 bits per heavy atom. The van der Waals surface area contributed by atoms with Crippen molar-refractivity contribution < 1.29 is 4.42 Å². The third-order valence-electron chi connectivity index (χ3n) is 13.2. The first-order chi connectivity index (χ1) is 27.3. The third kappa shape index (κ3) is 4.11. The molecule has 2 aliphatic carbocycles. The van der Waals surface area contributed by atoms with E-state index in [1.54, 1.807) is 0 Å². The molecule has 0 unspecified atom stereocenters. The normalized spacial score (nSPS) is 14.7. The molecule has 56 heavy (non-hydrogen) atoms. The first-order valence-corrected chi connectivity index (χ1v) is 19.8. The van der Waals surface area contributed by atoms with Gasteiger partial charge in [-0.3, -0.25) is 0 Å². The van der Waals surface area contributed by atoms with Crippen LogP contribution in [0.1, 0.15) is 49.9 Å². The molecule has 2 nitrogen and oxygen atoms in total. The molecule has 1 aromatic heterocycles. The lowest BCUT2D eigenvalue weighted by atomic mass is 9.78. The van der Waals surface area contributed by atoms with Gasteiger partial charge in [-0.25, -0.2) is 0 Å². The number of benzene rings is 9. The summed E-state index contributed by atoms with van der Waals surface area (Å²) in [5.41, 5.74) is 15.8. The Kier molecular flexibility index (Phi) is 6.22. The molecule has 1 heterocycles. The van der Waals surface area contributed by atoms with Gasteiger partial charge >= 0.3 is 0 Å². The van der Waals surface area contributed by atoms with Crippen molar-refractivity contribution in [1.82, 2.24) is 0 Å². The highest BCUT2D eigenvalue weighted by Gasteiger charge is 2.43. The smallest absolute Gasteiger partial charge is 0.159 e. The number of fused-ring (bicyclic) bond motifs is 15. The van der Waals surface area contributed by atoms with E-state index in [2.05, 4.69) is 190 Å². The van der Waals surface area contributed by atoms with Crippen LogP contribution >= 0.6 is 0 Å². The number of anilines is 3. The van der Waals surface area contributed by atoms with Crippen molar-refractivity contribution in [3.8, 4) is 22.3 Å². The van der Waals surface area contributed by atoms with Crippen molar-refractivity contribution in [1.29, 1.82) is 0 Å². The summed E-state index contributed by atoms with van der Waals surface area (Å²) in [6, 6.07) is 60.5. The molecule has 10 aromatic rings. The van der Waals surface area contributed by atoms with Crippen LogP contribution in [0.2, 0.25) is 0 Å². The first kappa shape index (κ1) is 31.7. The van der Waals surface area contributed by atoms with Crippen LogP contribution in [0.15, 0.2) is 168 Å². The zero-order chi connectivity index (χ0) is 37.5. The highest BCUT2D eigenvalue weighted by molar-refractivity contribution is 6.20. The third-order valence-corrected chi connectivity index (χ3v) is 13.2. The Bertz CT molecular complexity index is 3310. The molecular weight excluding hydrogens is 679 g/mol. The van der Waals surface area contributed by atoms with Crippen LogP contribution in [-0.4, -0.2) is 0 Å². The van der Waals surface area contributed by atoms with E-state index < -0.39 is 0 Å². The number of hydrogen-bond acceptors (Lipinski definition) is 2. The minimum absolute atomic E-state index is 0.109. The molecular formula is C54H39NO. The second-order valence-corrected chi connectivity index (χ2v) is 16.9. The Balaban J connectivity index is 1.10. The van der Waals surface area contributed by atoms with E-state index in [-0.39, 0.29) is 10.8 Å². The van der Waals surface area contributed by atoms with Gasteiger partial charge in [0.15, 0.2) is 5.58 Å². The van der Waals surface area contributed by atoms with Crippen LogP contribution in [-0.2, 0) is 10.8 Å². The zero-order valence-corrected chi connectivity index (χ0v) is 31.9. The van der Waals surface area contributed by atoms with Crippen LogP contribution in [0.5, 0.6) is 0 Å². The van der Waals surface area contributed by atoms with E-state index in [0.717, 1.165) is 39.0 Å². The van der Waals surface area contributed by atoms with Crippen molar-refractivity contribution in [3.05, 3.63) is 186 Å². The van der Waals surface area contributed by atoms with Gasteiger partial charge in [-0.1, -0.05) is 131 Å². The lowest BCUT2D eigenvalue weighted by molar-refractivity contribution is 0.655. The maximum absolute atomic E-state index is 6.64. The van der Waals surface area contributed by atoms with Crippen LogP contribution in [0, 0.1) is 0 Å². The molecule has 266 valence electrons. The number of rotatable bonds is 3. The molecule has 0 N–H and O–H groups in total. The summed E-state index contributed by atoms with van der Waals surface area (Å²) in [5.74, 6) is 0. The molecule has 0 saturated carbocycles. The minimum atomic E-state index is -0.216. The fourth-order valence-electron chi connectivity index (χ4n) is 10.5. The maximum atomic E-state index is 6.64. The van der Waals surface area contributed by atoms with Crippen molar-refractivity contribution in [3.63, 3.8) is 0 Å². The summed E-state index contributed by atoms with van der Waals surface area (Å²) in [5, 5.41) is 10.0. The Hall–Kier alpha value is -6.64. The van der Waals surface area contributed by atoms with Crippen LogP contribution in [0.3, 0.4) is 0 Å². The van der Waals surface area contributed by atoms with Crippen LogP contribution < -0.4 is 4.90 Å². The summed E-state index contributed by atoms with van der Waals surface area (Å²) in [7, 11) is 0. The standard InChI is InChI=1S/C54H39NO/c1-53(2)45-28-33-16-9-8-15-32(33)27-42(45)43-30-47-44(31-46(43)53)50-38-21-11-10-19-36(38)41-29-35(25-26-39(41)51(50)54(47,3)4)55(34-17-6-5-7-18-34)48-23-14-22-40-37-20-12-13-24-49(37)56-52(40)48/h5-31H,1-4H3. The fourth-order valence-corrected chi connectivity index (χ4v) is 10.5. The molecule has 0 amide bonds. The van der Waals surface area contributed by atoms with Crippen molar-refractivity contribution in [2.45, 2.75) is 38.5 Å². The summed E-state index contributed by atoms with van der Waals surface area (Å²) < 4.78 is 6.64. The average Bonchev–Trinajstić information content (AvgIpc) is 3.80. The predicted molar refractivity (Wildman–Crippen MR) is 236 cm³/mol. The van der Waals surface area contributed by atoms with Gasteiger partial charge in [0.05, 0.1) is 5.69 Å². The summed E-state index contributed by atoms with van der Waals surface area (Å²) in [6.07, 6.45) is 0. The number of para-hydroxylation sites is 3. The topological polar surface area (TPSA) is 16.4 Å². The fraction of sp³-hybridized carbons (Fsp3) is 0.111. The van der Waals surface area contributed by atoms with Gasteiger partial charge in [-0.15, -0.1) is 0 Å². The summed E-state index contributed by atoms with van der Waals surface area (Å²) in [6.45, 7) is 9.69. The second-order valence-electron chi connectivity index (χ2n) is 16.9. The minimum Gasteiger partial charge on any atom is -0.454 e. The van der Waals surface area contributed by atoms with E-state index >= 15 is 0 Å². The molecule has 9 aromatic carbocycles. The van der Waals surface area contributed by atoms with E-state index in [1.807, 2.05) is 6.07 Å². The summed E-state index contributed by atoms with van der Waals surface area (Å²) >= 11 is 0. The van der Waals surface area contributed by atoms with E-state index in [4.69, 9.17) is 4.42 Å². The highest BCUT2D eigenvalue weighted by atomic mass is 16.3. The average molecular weight is 718 g/mol. The van der Waals surface area contributed by atoms with Gasteiger partial charge in [0.2, 0.25) is 0 Å². The Morgan fingerprint density at radius 3 is 1.86 bits per heavy atom. The first-order valence-electron chi connectivity index (χ1n) is 19.8. The molecule has 2 aliphatic rings. The van der Waals surface area contributed by atoms with Crippen LogP contribution in [0.25, 0.3) is 76.5 Å². The van der Waals surface area contributed by atoms with E-state index in [0.29, 0.717) is 0 Å². The van der Waals surface area contributed by atoms with Gasteiger partial charge in [-0.05, 0) is 137 Å². The van der Waals surface area contributed by atoms with Gasteiger partial charge in [0.1, 0.15) is 5.58 Å². The lowest BCUT2D eigenvalue weighted by Crippen LogP contribution is -2.17. The molecule has 0 fully saturated rings. The number of hydrogen-bond donors (Lipinski definition) is 0. The Labute approximate surface area is 326 Å². The second kappa shape index (κ2) is 11.0. The van der Waals surface area contributed by atoms with Gasteiger partial charge < -0.3 is 9.32 Å². The van der Waals surface area contributed by atoms with Crippen molar-refractivity contribution >= 4 is 71.3 Å². The largest absolute Gasteiger partial charge is 0.454 e. The van der Waals surface area contributed by atoms with Gasteiger partial charge in [0.25, 0.3) is 0 Å². The molecule has 2 heteroatoms. The molecule has 0 aliphatic heterocycles. The SMILES string of the molecule is CC1(C)c2cc3c(cc2-c2cc4ccccc4cc21)C(C)(C)c1c-3c2ccccc2c2cc(N(c3ccccc3)c3cccc4c3oc3ccccc34)ccc12. The number of nitrogens with zero attached hydrogens (tertiary/aromatic N) is 1. The zero-order valence-electron chi connectivity index (χ0n) is 31.9. The summed E-state index contributed by atoms with van der Waals surface area (Å²) in [4.78, 5) is 2.36. The molecule has 12 rings (SSSR count). The van der Waals surface area contributed by atoms with Crippen molar-refractivity contribution in [2.24, 2.45) is 0 Å². The molecule has 0 atom stereocenters. The number of furan rings is 1. The Morgan fingerprint density at radius 1 is 0.411 bits per heavy atom. The van der Waals surface area contributed by atoms with Gasteiger partial charge in [0, 0.05) is 33.0 Å².